The molecule has 0 saturated carbocycles. The number of hydrogen-bond acceptors (Lipinski definition) is 4. The zero-order chi connectivity index (χ0) is 21.4. The molecule has 0 unspecified atom stereocenters. The number of piperidine rings is 1. The van der Waals surface area contributed by atoms with E-state index in [1.54, 1.807) is 13.8 Å². The Morgan fingerprint density at radius 3 is 2.48 bits per heavy atom. The van der Waals surface area contributed by atoms with E-state index >= 15 is 0 Å². The fraction of sp³-hybridized carbons (Fsp3) is 0.667. The fourth-order valence-electron chi connectivity index (χ4n) is 3.59. The molecule has 29 heavy (non-hydrogen) atoms. The molecule has 164 valence electrons. The van der Waals surface area contributed by atoms with Crippen LogP contribution in [0.25, 0.3) is 0 Å². The van der Waals surface area contributed by atoms with Crippen LogP contribution >= 0.6 is 0 Å². The van der Waals surface area contributed by atoms with E-state index in [-0.39, 0.29) is 10.5 Å². The maximum Gasteiger partial charge on any atom is 0.254 e. The molecule has 0 spiro atoms. The maximum absolute atomic E-state index is 14.1. The second-order valence-electron chi connectivity index (χ2n) is 7.72. The first-order chi connectivity index (χ1) is 13.8. The minimum Gasteiger partial charge on any atom is -0.352 e. The van der Waals surface area contributed by atoms with Gasteiger partial charge in [-0.25, -0.2) is 12.8 Å². The third kappa shape index (κ3) is 6.49. The lowest BCUT2D eigenvalue weighted by Crippen LogP contribution is -2.34. The molecule has 0 aromatic heterocycles. The Bertz CT molecular complexity index is 773. The van der Waals surface area contributed by atoms with E-state index in [2.05, 4.69) is 17.1 Å². The summed E-state index contributed by atoms with van der Waals surface area (Å²) in [7, 11) is -3.74. The van der Waals surface area contributed by atoms with Crippen molar-refractivity contribution in [1.29, 1.82) is 0 Å². The Hall–Kier alpha value is -1.51. The van der Waals surface area contributed by atoms with Crippen LogP contribution in [0.2, 0.25) is 0 Å². The molecular weight excluding hydrogens is 393 g/mol. The van der Waals surface area contributed by atoms with E-state index in [4.69, 9.17) is 0 Å². The fourth-order valence-corrected chi connectivity index (χ4v) is 5.08. The Kier molecular flexibility index (Phi) is 9.04. The molecule has 0 aliphatic carbocycles. The summed E-state index contributed by atoms with van der Waals surface area (Å²) in [5, 5.41) is 2.71. The number of benzene rings is 1. The zero-order valence-electron chi connectivity index (χ0n) is 17.8. The summed E-state index contributed by atoms with van der Waals surface area (Å²) in [4.78, 5) is 14.8. The SMILES string of the molecule is CCN(CC)S(=O)(=O)c1ccc(F)c(C(=O)NCCCCN2CCC(C)CC2)c1. The van der Waals surface area contributed by atoms with Gasteiger partial charge in [0.15, 0.2) is 0 Å². The Morgan fingerprint density at radius 1 is 1.21 bits per heavy atom. The summed E-state index contributed by atoms with van der Waals surface area (Å²) in [6.45, 7) is 10.1. The Balaban J connectivity index is 1.88. The van der Waals surface area contributed by atoms with Gasteiger partial charge < -0.3 is 10.2 Å². The van der Waals surface area contributed by atoms with E-state index in [1.165, 1.54) is 23.2 Å². The molecule has 1 N–H and O–H groups in total. The molecule has 1 aliphatic heterocycles. The highest BCUT2D eigenvalue weighted by Gasteiger charge is 2.24. The summed E-state index contributed by atoms with van der Waals surface area (Å²) in [5.41, 5.74) is -0.233. The highest BCUT2D eigenvalue weighted by atomic mass is 32.2. The number of halogens is 1. The first-order valence-electron chi connectivity index (χ1n) is 10.6. The van der Waals surface area contributed by atoms with Crippen LogP contribution in [-0.4, -0.2) is 62.8 Å². The topological polar surface area (TPSA) is 69.7 Å². The average molecular weight is 428 g/mol. The maximum atomic E-state index is 14.1. The largest absolute Gasteiger partial charge is 0.352 e. The predicted molar refractivity (Wildman–Crippen MR) is 113 cm³/mol. The second-order valence-corrected chi connectivity index (χ2v) is 9.66. The smallest absolute Gasteiger partial charge is 0.254 e. The lowest BCUT2D eigenvalue weighted by atomic mass is 9.99. The second kappa shape index (κ2) is 11.0. The van der Waals surface area contributed by atoms with Gasteiger partial charge in [0.05, 0.1) is 10.5 Å². The van der Waals surface area contributed by atoms with Gasteiger partial charge in [-0.15, -0.1) is 0 Å². The molecule has 6 nitrogen and oxygen atoms in total. The minimum atomic E-state index is -3.74. The van der Waals surface area contributed by atoms with Crippen molar-refractivity contribution >= 4 is 15.9 Å². The molecule has 1 fully saturated rings. The van der Waals surface area contributed by atoms with Crippen LogP contribution in [-0.2, 0) is 10.0 Å². The number of carbonyl (C=O) groups excluding carboxylic acids is 1. The number of sulfonamides is 1. The van der Waals surface area contributed by atoms with Crippen molar-refractivity contribution < 1.29 is 17.6 Å². The zero-order valence-corrected chi connectivity index (χ0v) is 18.6. The lowest BCUT2D eigenvalue weighted by Gasteiger charge is -2.30. The molecule has 1 aliphatic rings. The van der Waals surface area contributed by atoms with Gasteiger partial charge in [0.25, 0.3) is 5.91 Å². The average Bonchev–Trinajstić information content (AvgIpc) is 2.70. The number of hydrogen-bond donors (Lipinski definition) is 1. The van der Waals surface area contributed by atoms with E-state index in [1.807, 2.05) is 0 Å². The van der Waals surface area contributed by atoms with Crippen LogP contribution in [0.5, 0.6) is 0 Å². The molecule has 1 heterocycles. The van der Waals surface area contributed by atoms with Crippen LogP contribution < -0.4 is 5.32 Å². The van der Waals surface area contributed by atoms with Gasteiger partial charge in [-0.3, -0.25) is 4.79 Å². The van der Waals surface area contributed by atoms with Gasteiger partial charge in [-0.2, -0.15) is 4.31 Å². The van der Waals surface area contributed by atoms with Crippen molar-refractivity contribution in [3.8, 4) is 0 Å². The molecule has 2 rings (SSSR count). The molecule has 1 amide bonds. The first-order valence-corrected chi connectivity index (χ1v) is 12.0. The summed E-state index contributed by atoms with van der Waals surface area (Å²) >= 11 is 0. The van der Waals surface area contributed by atoms with E-state index in [0.29, 0.717) is 19.6 Å². The molecule has 8 heteroatoms. The molecule has 0 bridgehead atoms. The van der Waals surface area contributed by atoms with Gasteiger partial charge in [0.2, 0.25) is 10.0 Å². The van der Waals surface area contributed by atoms with Crippen molar-refractivity contribution in [3.63, 3.8) is 0 Å². The van der Waals surface area contributed by atoms with E-state index < -0.39 is 21.7 Å². The number of likely N-dealkylation sites (tertiary alicyclic amines) is 1. The van der Waals surface area contributed by atoms with Crippen molar-refractivity contribution in [3.05, 3.63) is 29.6 Å². The molecule has 1 aromatic carbocycles. The van der Waals surface area contributed by atoms with Gasteiger partial charge in [0, 0.05) is 19.6 Å². The van der Waals surface area contributed by atoms with E-state index in [0.717, 1.165) is 50.5 Å². The number of nitrogens with zero attached hydrogens (tertiary/aromatic N) is 2. The van der Waals surface area contributed by atoms with E-state index in [9.17, 15) is 17.6 Å². The Morgan fingerprint density at radius 2 is 1.86 bits per heavy atom. The summed E-state index contributed by atoms with van der Waals surface area (Å²) < 4.78 is 40.7. The number of carbonyl (C=O) groups is 1. The predicted octanol–water partition coefficient (Wildman–Crippen LogP) is 3.10. The first kappa shape index (κ1) is 23.8. The number of rotatable bonds is 10. The molecule has 0 atom stereocenters. The van der Waals surface area contributed by atoms with Gasteiger partial charge in [-0.05, 0) is 69.4 Å². The number of nitrogens with one attached hydrogen (secondary N) is 1. The van der Waals surface area contributed by atoms with Crippen molar-refractivity contribution in [2.24, 2.45) is 5.92 Å². The summed E-state index contributed by atoms with van der Waals surface area (Å²) in [6, 6.07) is 3.38. The Labute approximate surface area is 174 Å². The van der Waals surface area contributed by atoms with Crippen molar-refractivity contribution in [2.75, 3.05) is 39.3 Å². The van der Waals surface area contributed by atoms with Crippen LogP contribution in [0, 0.1) is 11.7 Å². The van der Waals surface area contributed by atoms with Gasteiger partial charge in [0.1, 0.15) is 5.82 Å². The molecule has 1 aromatic rings. The molecule has 0 radical (unpaired) electrons. The molecule has 1 saturated heterocycles. The van der Waals surface area contributed by atoms with Crippen LogP contribution in [0.1, 0.15) is 56.8 Å². The van der Waals surface area contributed by atoms with Gasteiger partial charge in [-0.1, -0.05) is 20.8 Å². The number of unbranched alkanes of at least 4 members (excludes halogenated alkanes) is 1. The third-order valence-corrected chi connectivity index (χ3v) is 7.63. The summed E-state index contributed by atoms with van der Waals surface area (Å²) in [5.74, 6) is -0.490. The molecular formula is C21H34FN3O3S. The van der Waals surface area contributed by atoms with Crippen LogP contribution in [0.4, 0.5) is 4.39 Å². The normalized spacial score (nSPS) is 16.3. The highest BCUT2D eigenvalue weighted by molar-refractivity contribution is 7.89. The quantitative estimate of drug-likeness (QED) is 0.583. The van der Waals surface area contributed by atoms with Crippen molar-refractivity contribution in [2.45, 2.75) is 51.3 Å². The standard InChI is InChI=1S/C21H34FN3O3S/c1-4-25(5-2)29(27,28)18-8-9-20(22)19(16-18)21(26)23-12-6-7-13-24-14-10-17(3)11-15-24/h8-9,16-17H,4-7,10-15H2,1-3H3,(H,23,26). The van der Waals surface area contributed by atoms with Crippen LogP contribution in [0.15, 0.2) is 23.1 Å². The van der Waals surface area contributed by atoms with Crippen LogP contribution in [0.3, 0.4) is 0 Å². The highest BCUT2D eigenvalue weighted by Crippen LogP contribution is 2.19. The monoisotopic (exact) mass is 427 g/mol. The number of amides is 1. The lowest BCUT2D eigenvalue weighted by molar-refractivity contribution is 0.0948. The van der Waals surface area contributed by atoms with Gasteiger partial charge >= 0.3 is 0 Å². The van der Waals surface area contributed by atoms with Crippen molar-refractivity contribution in [1.82, 2.24) is 14.5 Å². The third-order valence-electron chi connectivity index (χ3n) is 5.59. The minimum absolute atomic E-state index is 0.0629. The summed E-state index contributed by atoms with van der Waals surface area (Å²) in [6.07, 6.45) is 4.25.